The number of hydrogen-bond acceptors (Lipinski definition) is 1. The van der Waals surface area contributed by atoms with Gasteiger partial charge in [0.05, 0.1) is 5.56 Å². The number of carboxylic acid groups (broad SMARTS) is 1. The fourth-order valence-electron chi connectivity index (χ4n) is 1.46. The van der Waals surface area contributed by atoms with Crippen LogP contribution < -0.4 is 0 Å². The number of fused-ring (bicyclic) bond motifs is 1. The SMILES string of the molecule is O=C(O)c1cccc2c(Cl)cccc12.[InH3]. The third kappa shape index (κ3) is 2.29. The Balaban J connectivity index is 0.00000112. The predicted molar refractivity (Wildman–Crippen MR) is 65.9 cm³/mol. The van der Waals surface area contributed by atoms with Crippen molar-refractivity contribution in [3.63, 3.8) is 0 Å². The Bertz CT molecular complexity index is 511. The van der Waals surface area contributed by atoms with Gasteiger partial charge < -0.3 is 5.11 Å². The maximum atomic E-state index is 10.9. The van der Waals surface area contributed by atoms with Crippen LogP contribution in [0.3, 0.4) is 0 Å². The van der Waals surface area contributed by atoms with Crippen molar-refractivity contribution >= 4 is 54.2 Å². The average Bonchev–Trinajstić information content (AvgIpc) is 2.17. The molecule has 0 atom stereocenters. The summed E-state index contributed by atoms with van der Waals surface area (Å²) >= 11 is 5.94. The number of halogens is 1. The number of carboxylic acids is 1. The first-order valence-electron chi connectivity index (χ1n) is 4.10. The molecule has 2 aromatic carbocycles. The Kier molecular flexibility index (Phi) is 4.05. The third-order valence-electron chi connectivity index (χ3n) is 2.10. The number of benzene rings is 2. The van der Waals surface area contributed by atoms with E-state index in [1.54, 1.807) is 30.3 Å². The maximum absolute atomic E-state index is 10.9. The summed E-state index contributed by atoms with van der Waals surface area (Å²) in [5, 5.41) is 11.0. The molecule has 0 amide bonds. The van der Waals surface area contributed by atoms with Crippen molar-refractivity contribution < 1.29 is 9.90 Å². The summed E-state index contributed by atoms with van der Waals surface area (Å²) in [6, 6.07) is 10.3. The Labute approximate surface area is 111 Å². The van der Waals surface area contributed by atoms with Gasteiger partial charge in [0.2, 0.25) is 0 Å². The van der Waals surface area contributed by atoms with Crippen LogP contribution >= 0.6 is 11.6 Å². The van der Waals surface area contributed by atoms with Gasteiger partial charge in [-0.25, -0.2) is 4.79 Å². The number of rotatable bonds is 1. The van der Waals surface area contributed by atoms with Gasteiger partial charge in [-0.2, -0.15) is 0 Å². The predicted octanol–water partition coefficient (Wildman–Crippen LogP) is 2.01. The van der Waals surface area contributed by atoms with Crippen LogP contribution in [0, 0.1) is 0 Å². The Hall–Kier alpha value is -0.670. The van der Waals surface area contributed by atoms with Gasteiger partial charge in [0.1, 0.15) is 0 Å². The minimum absolute atomic E-state index is 0. The molecular formula is C11H10ClInO2. The van der Waals surface area contributed by atoms with Crippen molar-refractivity contribution in [3.05, 3.63) is 47.0 Å². The molecule has 0 heterocycles. The summed E-state index contributed by atoms with van der Waals surface area (Å²) in [5.41, 5.74) is 0.282. The van der Waals surface area contributed by atoms with Crippen LogP contribution in [0.1, 0.15) is 10.4 Å². The summed E-state index contributed by atoms with van der Waals surface area (Å²) in [7, 11) is 0. The summed E-state index contributed by atoms with van der Waals surface area (Å²) in [4.78, 5) is 10.9. The zero-order valence-electron chi connectivity index (χ0n) is 7.20. The molecule has 0 aromatic heterocycles. The number of carbonyl (C=O) groups is 1. The van der Waals surface area contributed by atoms with Gasteiger partial charge in [0.25, 0.3) is 0 Å². The molecular weight excluding hydrogens is 314 g/mol. The molecule has 1 N–H and O–H groups in total. The van der Waals surface area contributed by atoms with Gasteiger partial charge in [-0.1, -0.05) is 35.9 Å². The molecule has 15 heavy (non-hydrogen) atoms. The van der Waals surface area contributed by atoms with E-state index in [0.29, 0.717) is 10.4 Å². The molecule has 2 aromatic rings. The summed E-state index contributed by atoms with van der Waals surface area (Å²) < 4.78 is 0. The monoisotopic (exact) mass is 324 g/mol. The summed E-state index contributed by atoms with van der Waals surface area (Å²) in [5.74, 6) is -0.933. The first kappa shape index (κ1) is 12.4. The minimum atomic E-state index is -0.933. The zero-order chi connectivity index (χ0) is 10.1. The molecule has 0 bridgehead atoms. The Morgan fingerprint density at radius 1 is 1.07 bits per heavy atom. The van der Waals surface area contributed by atoms with E-state index in [1.807, 2.05) is 6.07 Å². The van der Waals surface area contributed by atoms with Gasteiger partial charge in [-0.05, 0) is 17.5 Å². The average molecular weight is 324 g/mol. The van der Waals surface area contributed by atoms with Crippen molar-refractivity contribution in [1.82, 2.24) is 0 Å². The second kappa shape index (κ2) is 4.90. The molecule has 0 saturated carbocycles. The molecule has 4 heteroatoms. The van der Waals surface area contributed by atoms with Crippen molar-refractivity contribution in [2.45, 2.75) is 0 Å². The first-order valence-corrected chi connectivity index (χ1v) is 4.48. The zero-order valence-corrected chi connectivity index (χ0v) is 7.95. The van der Waals surface area contributed by atoms with Crippen LogP contribution in [0.5, 0.6) is 0 Å². The van der Waals surface area contributed by atoms with Crippen LogP contribution in [0.25, 0.3) is 10.8 Å². The standard InChI is InChI=1S/C11H7ClO2.In.3H/c12-10-6-2-3-7-8(10)4-1-5-9(7)11(13)14;;;;/h1-6H,(H,13,14);;;;. The molecule has 0 unspecified atom stereocenters. The molecule has 0 aliphatic carbocycles. The molecule has 2 nitrogen and oxygen atoms in total. The first-order chi connectivity index (χ1) is 6.70. The molecule has 0 spiro atoms. The summed E-state index contributed by atoms with van der Waals surface area (Å²) in [6.45, 7) is 0. The van der Waals surface area contributed by atoms with Crippen molar-refractivity contribution in [1.29, 1.82) is 0 Å². The number of hydrogen-bond donors (Lipinski definition) is 1. The topological polar surface area (TPSA) is 37.3 Å². The van der Waals surface area contributed by atoms with E-state index in [-0.39, 0.29) is 31.4 Å². The molecule has 0 saturated heterocycles. The van der Waals surface area contributed by atoms with Crippen LogP contribution in [-0.2, 0) is 0 Å². The van der Waals surface area contributed by atoms with Crippen LogP contribution in [0.2, 0.25) is 5.02 Å². The third-order valence-corrected chi connectivity index (χ3v) is 2.43. The summed E-state index contributed by atoms with van der Waals surface area (Å²) in [6.07, 6.45) is 0. The van der Waals surface area contributed by atoms with Gasteiger partial charge in [-0.3, -0.25) is 0 Å². The van der Waals surface area contributed by atoms with Gasteiger partial charge in [-0.15, -0.1) is 0 Å². The van der Waals surface area contributed by atoms with E-state index in [0.717, 1.165) is 5.39 Å². The molecule has 0 aliphatic heterocycles. The van der Waals surface area contributed by atoms with Crippen LogP contribution in [0.4, 0.5) is 0 Å². The molecule has 76 valence electrons. The van der Waals surface area contributed by atoms with Gasteiger partial charge in [0.15, 0.2) is 0 Å². The van der Waals surface area contributed by atoms with E-state index < -0.39 is 5.97 Å². The fraction of sp³-hybridized carbons (Fsp3) is 0. The van der Waals surface area contributed by atoms with E-state index in [1.165, 1.54) is 0 Å². The van der Waals surface area contributed by atoms with Crippen molar-refractivity contribution in [3.8, 4) is 0 Å². The normalized spacial score (nSPS) is 9.67. The van der Waals surface area contributed by atoms with E-state index in [4.69, 9.17) is 16.7 Å². The fourth-order valence-corrected chi connectivity index (χ4v) is 1.70. The second-order valence-corrected chi connectivity index (χ2v) is 3.35. The van der Waals surface area contributed by atoms with E-state index in [2.05, 4.69) is 0 Å². The second-order valence-electron chi connectivity index (χ2n) is 2.95. The van der Waals surface area contributed by atoms with Gasteiger partial charge >= 0.3 is 31.8 Å². The van der Waals surface area contributed by atoms with Crippen LogP contribution in [-0.4, -0.2) is 36.9 Å². The van der Waals surface area contributed by atoms with Gasteiger partial charge in [0, 0.05) is 10.4 Å². The number of aromatic carboxylic acids is 1. The van der Waals surface area contributed by atoms with Crippen molar-refractivity contribution in [2.75, 3.05) is 0 Å². The van der Waals surface area contributed by atoms with E-state index in [9.17, 15) is 4.79 Å². The quantitative estimate of drug-likeness (QED) is 0.871. The van der Waals surface area contributed by atoms with E-state index >= 15 is 0 Å². The molecule has 0 radical (unpaired) electrons. The molecule has 0 aliphatic rings. The van der Waals surface area contributed by atoms with Crippen molar-refractivity contribution in [2.24, 2.45) is 0 Å². The van der Waals surface area contributed by atoms with Crippen LogP contribution in [0.15, 0.2) is 36.4 Å². The molecule has 2 rings (SSSR count). The Morgan fingerprint density at radius 3 is 2.33 bits per heavy atom. The Morgan fingerprint density at radius 2 is 1.67 bits per heavy atom. The molecule has 0 fully saturated rings.